The number of rotatable bonds is 5. The Hall–Kier alpha value is -2.37. The first-order chi connectivity index (χ1) is 9.17. The van der Waals surface area contributed by atoms with E-state index in [1.165, 1.54) is 6.21 Å². The van der Waals surface area contributed by atoms with Crippen molar-refractivity contribution in [3.05, 3.63) is 29.8 Å². The first-order valence-electron chi connectivity index (χ1n) is 5.92. The fourth-order valence-electron chi connectivity index (χ4n) is 1.22. The number of methoxy groups -OCH3 is 1. The molecule has 0 bridgehead atoms. The van der Waals surface area contributed by atoms with Crippen LogP contribution in [-0.4, -0.2) is 31.7 Å². The first kappa shape index (κ1) is 14.7. The van der Waals surface area contributed by atoms with Crippen LogP contribution >= 0.6 is 0 Å². The Morgan fingerprint density at radius 3 is 2.53 bits per heavy atom. The van der Waals surface area contributed by atoms with Crippen LogP contribution in [0.2, 0.25) is 0 Å². The smallest absolute Gasteiger partial charge is 0.329 e. The van der Waals surface area contributed by atoms with Gasteiger partial charge in [-0.2, -0.15) is 5.10 Å². The van der Waals surface area contributed by atoms with Gasteiger partial charge in [0.15, 0.2) is 0 Å². The van der Waals surface area contributed by atoms with Crippen molar-refractivity contribution < 1.29 is 14.3 Å². The molecule has 0 aromatic heterocycles. The van der Waals surface area contributed by atoms with Gasteiger partial charge >= 0.3 is 11.8 Å². The van der Waals surface area contributed by atoms with Crippen LogP contribution in [0.1, 0.15) is 18.9 Å². The largest absolute Gasteiger partial charge is 0.497 e. The van der Waals surface area contributed by atoms with Crippen molar-refractivity contribution in [3.63, 3.8) is 0 Å². The Kier molecular flexibility index (Phi) is 6.08. The Morgan fingerprint density at radius 2 is 1.95 bits per heavy atom. The molecule has 19 heavy (non-hydrogen) atoms. The number of nitrogens with one attached hydrogen (secondary N) is 2. The molecule has 0 saturated carbocycles. The van der Waals surface area contributed by atoms with Gasteiger partial charge in [0.25, 0.3) is 0 Å². The van der Waals surface area contributed by atoms with Crippen LogP contribution in [0, 0.1) is 0 Å². The zero-order valence-electron chi connectivity index (χ0n) is 11.0. The third kappa shape index (κ3) is 5.20. The second-order valence-electron chi connectivity index (χ2n) is 3.73. The molecule has 0 aliphatic carbocycles. The van der Waals surface area contributed by atoms with Crippen molar-refractivity contribution in [1.29, 1.82) is 0 Å². The summed E-state index contributed by atoms with van der Waals surface area (Å²) < 4.78 is 5.01. The molecule has 0 unspecified atom stereocenters. The second-order valence-corrected chi connectivity index (χ2v) is 3.73. The van der Waals surface area contributed by atoms with Gasteiger partial charge in [0.1, 0.15) is 5.75 Å². The number of nitrogens with zero attached hydrogens (tertiary/aromatic N) is 1. The molecule has 0 aliphatic rings. The Labute approximate surface area is 111 Å². The fourth-order valence-corrected chi connectivity index (χ4v) is 1.22. The van der Waals surface area contributed by atoms with E-state index in [-0.39, 0.29) is 0 Å². The van der Waals surface area contributed by atoms with E-state index in [2.05, 4.69) is 15.8 Å². The Morgan fingerprint density at radius 1 is 1.26 bits per heavy atom. The standard InChI is InChI=1S/C13H17N3O3/c1-3-8-14-12(17)13(18)16-15-9-10-4-6-11(19-2)7-5-10/h4-7,9H,3,8H2,1-2H3,(H,14,17)(H,16,18)/b15-9+. The Balaban J connectivity index is 2.44. The maximum absolute atomic E-state index is 11.3. The topological polar surface area (TPSA) is 79.8 Å². The van der Waals surface area contributed by atoms with Gasteiger partial charge in [-0.1, -0.05) is 6.92 Å². The lowest BCUT2D eigenvalue weighted by Gasteiger charge is -2.01. The summed E-state index contributed by atoms with van der Waals surface area (Å²) in [7, 11) is 1.58. The molecule has 1 aromatic carbocycles. The molecule has 2 N–H and O–H groups in total. The van der Waals surface area contributed by atoms with Gasteiger partial charge in [-0.25, -0.2) is 5.43 Å². The fraction of sp³-hybridized carbons (Fsp3) is 0.308. The van der Waals surface area contributed by atoms with Gasteiger partial charge in [-0.15, -0.1) is 0 Å². The van der Waals surface area contributed by atoms with E-state index in [1.54, 1.807) is 31.4 Å². The van der Waals surface area contributed by atoms with Gasteiger partial charge in [0.05, 0.1) is 13.3 Å². The summed E-state index contributed by atoms with van der Waals surface area (Å²) in [6.45, 7) is 2.37. The molecule has 0 fully saturated rings. The van der Waals surface area contributed by atoms with Crippen LogP contribution in [0.15, 0.2) is 29.4 Å². The summed E-state index contributed by atoms with van der Waals surface area (Å²) in [6, 6.07) is 7.12. The summed E-state index contributed by atoms with van der Waals surface area (Å²) in [5, 5.41) is 6.15. The van der Waals surface area contributed by atoms with Crippen LogP contribution in [0.4, 0.5) is 0 Å². The lowest BCUT2D eigenvalue weighted by atomic mass is 10.2. The highest BCUT2D eigenvalue weighted by atomic mass is 16.5. The predicted molar refractivity (Wildman–Crippen MR) is 72.0 cm³/mol. The lowest BCUT2D eigenvalue weighted by molar-refractivity contribution is -0.139. The summed E-state index contributed by atoms with van der Waals surface area (Å²) in [5.74, 6) is -0.730. The van der Waals surface area contributed by atoms with Crippen molar-refractivity contribution in [2.45, 2.75) is 13.3 Å². The molecule has 0 spiro atoms. The number of carbonyl (C=O) groups excluding carboxylic acids is 2. The van der Waals surface area contributed by atoms with Crippen LogP contribution in [0.3, 0.4) is 0 Å². The minimum Gasteiger partial charge on any atom is -0.497 e. The van der Waals surface area contributed by atoms with E-state index in [0.717, 1.165) is 17.7 Å². The van der Waals surface area contributed by atoms with E-state index in [1.807, 2.05) is 6.92 Å². The number of benzene rings is 1. The summed E-state index contributed by atoms with van der Waals surface area (Å²) in [6.07, 6.45) is 2.22. The Bertz CT molecular complexity index is 455. The molecule has 1 rings (SSSR count). The van der Waals surface area contributed by atoms with E-state index in [9.17, 15) is 9.59 Å². The summed E-state index contributed by atoms with van der Waals surface area (Å²) in [4.78, 5) is 22.5. The third-order valence-electron chi connectivity index (χ3n) is 2.24. The monoisotopic (exact) mass is 263 g/mol. The number of hydrazone groups is 1. The second kappa shape index (κ2) is 7.86. The number of carbonyl (C=O) groups is 2. The SMILES string of the molecule is CCCNC(=O)C(=O)N/N=C/c1ccc(OC)cc1. The lowest BCUT2D eigenvalue weighted by Crippen LogP contribution is -2.38. The van der Waals surface area contributed by atoms with Gasteiger partial charge in [-0.3, -0.25) is 9.59 Å². The number of hydrogen-bond acceptors (Lipinski definition) is 4. The molecule has 6 heteroatoms. The third-order valence-corrected chi connectivity index (χ3v) is 2.24. The van der Waals surface area contributed by atoms with Crippen molar-refractivity contribution >= 4 is 18.0 Å². The van der Waals surface area contributed by atoms with E-state index in [4.69, 9.17) is 4.74 Å². The van der Waals surface area contributed by atoms with E-state index in [0.29, 0.717) is 6.54 Å². The van der Waals surface area contributed by atoms with Crippen molar-refractivity contribution in [2.24, 2.45) is 5.10 Å². The first-order valence-corrected chi connectivity index (χ1v) is 5.92. The van der Waals surface area contributed by atoms with Crippen LogP contribution in [0.5, 0.6) is 5.75 Å². The van der Waals surface area contributed by atoms with E-state index < -0.39 is 11.8 Å². The highest BCUT2D eigenvalue weighted by Gasteiger charge is 2.10. The molecule has 6 nitrogen and oxygen atoms in total. The highest BCUT2D eigenvalue weighted by Crippen LogP contribution is 2.09. The molecule has 0 radical (unpaired) electrons. The quantitative estimate of drug-likeness (QED) is 0.465. The maximum Gasteiger partial charge on any atom is 0.329 e. The predicted octanol–water partition coefficient (Wildman–Crippen LogP) is 0.671. The van der Waals surface area contributed by atoms with Crippen molar-refractivity contribution in [3.8, 4) is 5.75 Å². The molecule has 102 valence electrons. The highest BCUT2D eigenvalue weighted by molar-refractivity contribution is 6.35. The van der Waals surface area contributed by atoms with Crippen molar-refractivity contribution in [2.75, 3.05) is 13.7 Å². The maximum atomic E-state index is 11.3. The zero-order valence-corrected chi connectivity index (χ0v) is 11.0. The molecular formula is C13H17N3O3. The number of amides is 2. The summed E-state index contributed by atoms with van der Waals surface area (Å²) >= 11 is 0. The van der Waals surface area contributed by atoms with Crippen LogP contribution < -0.4 is 15.5 Å². The molecule has 1 aromatic rings. The molecule has 0 heterocycles. The number of ether oxygens (including phenoxy) is 1. The van der Waals surface area contributed by atoms with Gasteiger partial charge in [0.2, 0.25) is 0 Å². The normalized spacial score (nSPS) is 10.2. The molecule has 2 amide bonds. The van der Waals surface area contributed by atoms with Gasteiger partial charge in [-0.05, 0) is 36.2 Å². The molecule has 0 atom stereocenters. The van der Waals surface area contributed by atoms with Gasteiger partial charge in [0, 0.05) is 6.54 Å². The van der Waals surface area contributed by atoms with Gasteiger partial charge < -0.3 is 10.1 Å². The average molecular weight is 263 g/mol. The zero-order chi connectivity index (χ0) is 14.1. The molecular weight excluding hydrogens is 246 g/mol. The average Bonchev–Trinajstić information content (AvgIpc) is 2.45. The van der Waals surface area contributed by atoms with Crippen LogP contribution in [0.25, 0.3) is 0 Å². The van der Waals surface area contributed by atoms with Crippen LogP contribution in [-0.2, 0) is 9.59 Å². The summed E-state index contributed by atoms with van der Waals surface area (Å²) in [5.41, 5.74) is 2.94. The van der Waals surface area contributed by atoms with E-state index >= 15 is 0 Å². The molecule has 0 saturated heterocycles. The molecule has 0 aliphatic heterocycles. The van der Waals surface area contributed by atoms with Crippen molar-refractivity contribution in [1.82, 2.24) is 10.7 Å². The minimum atomic E-state index is -0.779. The number of hydrogen-bond donors (Lipinski definition) is 2. The minimum absolute atomic E-state index is 0.467.